The smallest absolute Gasteiger partial charge is 0.0409 e. The van der Waals surface area contributed by atoms with Gasteiger partial charge in [-0.15, -0.1) is 0 Å². The Morgan fingerprint density at radius 3 is 2.80 bits per heavy atom. The molecule has 0 amide bonds. The average molecular weight is 295 g/mol. The molecule has 1 aliphatic rings. The van der Waals surface area contributed by atoms with Crippen molar-refractivity contribution in [2.75, 3.05) is 26.2 Å². The van der Waals surface area contributed by atoms with Crippen LogP contribution in [0.3, 0.4) is 0 Å². The Hall–Kier alpha value is -0.570. The standard InChI is InChI=1S/C17H27ClN2/c1-4-19-16(14-6-5-7-15(18)12-14)8-10-20-11-9-17(2,3)13-20/h5-7,12,16,19H,4,8-11,13H2,1-3H3. The molecule has 112 valence electrons. The van der Waals surface area contributed by atoms with E-state index in [1.165, 1.54) is 25.1 Å². The van der Waals surface area contributed by atoms with E-state index in [2.05, 4.69) is 43.1 Å². The topological polar surface area (TPSA) is 15.3 Å². The van der Waals surface area contributed by atoms with Crippen molar-refractivity contribution in [2.24, 2.45) is 5.41 Å². The second kappa shape index (κ2) is 6.93. The van der Waals surface area contributed by atoms with E-state index in [1.807, 2.05) is 12.1 Å². The van der Waals surface area contributed by atoms with E-state index in [0.29, 0.717) is 11.5 Å². The van der Waals surface area contributed by atoms with Crippen molar-refractivity contribution in [1.29, 1.82) is 0 Å². The molecule has 1 aromatic rings. The first-order valence-corrected chi connectivity index (χ1v) is 8.09. The molecule has 0 aliphatic carbocycles. The zero-order chi connectivity index (χ0) is 14.6. The van der Waals surface area contributed by atoms with Crippen molar-refractivity contribution >= 4 is 11.6 Å². The predicted molar refractivity (Wildman–Crippen MR) is 87.3 cm³/mol. The van der Waals surface area contributed by atoms with Gasteiger partial charge in [0.05, 0.1) is 0 Å². The van der Waals surface area contributed by atoms with Crippen LogP contribution in [-0.4, -0.2) is 31.1 Å². The molecule has 0 spiro atoms. The maximum absolute atomic E-state index is 6.12. The monoisotopic (exact) mass is 294 g/mol. The molecule has 2 nitrogen and oxygen atoms in total. The largest absolute Gasteiger partial charge is 0.310 e. The fourth-order valence-corrected chi connectivity index (χ4v) is 3.28. The van der Waals surface area contributed by atoms with Crippen LogP contribution in [0, 0.1) is 5.41 Å². The minimum Gasteiger partial charge on any atom is -0.310 e. The highest BCUT2D eigenvalue weighted by molar-refractivity contribution is 6.30. The van der Waals surface area contributed by atoms with E-state index in [4.69, 9.17) is 11.6 Å². The molecule has 0 bridgehead atoms. The Bertz CT molecular complexity index is 431. The van der Waals surface area contributed by atoms with E-state index in [1.54, 1.807) is 0 Å². The number of benzene rings is 1. The molecule has 1 atom stereocenters. The zero-order valence-electron chi connectivity index (χ0n) is 13.0. The number of nitrogens with one attached hydrogen (secondary N) is 1. The lowest BCUT2D eigenvalue weighted by molar-refractivity contribution is 0.274. The molecular weight excluding hydrogens is 268 g/mol. The van der Waals surface area contributed by atoms with Gasteiger partial charge in [0.2, 0.25) is 0 Å². The van der Waals surface area contributed by atoms with Crippen LogP contribution in [0.1, 0.15) is 45.2 Å². The Morgan fingerprint density at radius 1 is 1.40 bits per heavy atom. The average Bonchev–Trinajstić information content (AvgIpc) is 2.74. The van der Waals surface area contributed by atoms with Crippen LogP contribution in [0.4, 0.5) is 0 Å². The molecule has 0 aromatic heterocycles. The first-order valence-electron chi connectivity index (χ1n) is 7.71. The highest BCUT2D eigenvalue weighted by Gasteiger charge is 2.29. The molecule has 1 fully saturated rings. The highest BCUT2D eigenvalue weighted by atomic mass is 35.5. The van der Waals surface area contributed by atoms with Crippen LogP contribution in [0.5, 0.6) is 0 Å². The van der Waals surface area contributed by atoms with E-state index < -0.39 is 0 Å². The molecule has 0 radical (unpaired) electrons. The van der Waals surface area contributed by atoms with Crippen LogP contribution >= 0.6 is 11.6 Å². The van der Waals surface area contributed by atoms with E-state index in [-0.39, 0.29) is 0 Å². The van der Waals surface area contributed by atoms with E-state index in [9.17, 15) is 0 Å². The lowest BCUT2D eigenvalue weighted by atomic mass is 9.93. The van der Waals surface area contributed by atoms with Gasteiger partial charge in [-0.3, -0.25) is 0 Å². The summed E-state index contributed by atoms with van der Waals surface area (Å²) in [4.78, 5) is 2.59. The number of nitrogens with zero attached hydrogens (tertiary/aromatic N) is 1. The summed E-state index contributed by atoms with van der Waals surface area (Å²) in [5, 5.41) is 4.41. The van der Waals surface area contributed by atoms with E-state index in [0.717, 1.165) is 24.5 Å². The van der Waals surface area contributed by atoms with Crippen LogP contribution in [0.25, 0.3) is 0 Å². The normalized spacial score (nSPS) is 20.2. The van der Waals surface area contributed by atoms with Gasteiger partial charge in [-0.25, -0.2) is 0 Å². The Labute approximate surface area is 128 Å². The molecule has 1 N–H and O–H groups in total. The van der Waals surface area contributed by atoms with Crippen LogP contribution in [0.15, 0.2) is 24.3 Å². The van der Waals surface area contributed by atoms with Crippen molar-refractivity contribution in [3.63, 3.8) is 0 Å². The SMILES string of the molecule is CCNC(CCN1CCC(C)(C)C1)c1cccc(Cl)c1. The summed E-state index contributed by atoms with van der Waals surface area (Å²) in [5.74, 6) is 0. The summed E-state index contributed by atoms with van der Waals surface area (Å²) in [5.41, 5.74) is 1.79. The summed E-state index contributed by atoms with van der Waals surface area (Å²) >= 11 is 6.12. The summed E-state index contributed by atoms with van der Waals surface area (Å²) in [6, 6.07) is 8.65. The minimum atomic E-state index is 0.405. The van der Waals surface area contributed by atoms with E-state index >= 15 is 0 Å². The molecule has 0 saturated carbocycles. The Morgan fingerprint density at radius 2 is 2.20 bits per heavy atom. The molecule has 20 heavy (non-hydrogen) atoms. The second-order valence-electron chi connectivity index (χ2n) is 6.64. The predicted octanol–water partition coefficient (Wildman–Crippen LogP) is 4.11. The Kier molecular flexibility index (Phi) is 5.48. The van der Waals surface area contributed by atoms with Gasteiger partial charge in [0, 0.05) is 17.6 Å². The second-order valence-corrected chi connectivity index (χ2v) is 7.08. The molecule has 1 heterocycles. The summed E-state index contributed by atoms with van der Waals surface area (Å²) < 4.78 is 0. The molecule has 1 aliphatic heterocycles. The third-order valence-electron chi connectivity index (χ3n) is 4.19. The van der Waals surface area contributed by atoms with Crippen molar-refractivity contribution in [1.82, 2.24) is 10.2 Å². The van der Waals surface area contributed by atoms with Gasteiger partial charge in [-0.1, -0.05) is 44.5 Å². The lowest BCUT2D eigenvalue weighted by Crippen LogP contribution is -2.29. The molecule has 2 rings (SSSR count). The maximum atomic E-state index is 6.12. The maximum Gasteiger partial charge on any atom is 0.0409 e. The number of likely N-dealkylation sites (tertiary alicyclic amines) is 1. The van der Waals surface area contributed by atoms with Crippen molar-refractivity contribution in [3.8, 4) is 0 Å². The third kappa shape index (κ3) is 4.47. The van der Waals surface area contributed by atoms with Crippen molar-refractivity contribution in [2.45, 2.75) is 39.7 Å². The molecular formula is C17H27ClN2. The molecule has 1 saturated heterocycles. The fraction of sp³-hybridized carbons (Fsp3) is 0.647. The molecule has 1 aromatic carbocycles. The van der Waals surface area contributed by atoms with Gasteiger partial charge in [-0.05, 0) is 55.6 Å². The summed E-state index contributed by atoms with van der Waals surface area (Å²) in [7, 11) is 0. The Balaban J connectivity index is 1.93. The summed E-state index contributed by atoms with van der Waals surface area (Å²) in [6.07, 6.45) is 2.46. The number of hydrogen-bond acceptors (Lipinski definition) is 2. The van der Waals surface area contributed by atoms with Crippen LogP contribution in [0.2, 0.25) is 5.02 Å². The lowest BCUT2D eigenvalue weighted by Gasteiger charge is -2.24. The molecule has 1 unspecified atom stereocenters. The van der Waals surface area contributed by atoms with Gasteiger partial charge in [-0.2, -0.15) is 0 Å². The zero-order valence-corrected chi connectivity index (χ0v) is 13.7. The van der Waals surface area contributed by atoms with Gasteiger partial charge in [0.25, 0.3) is 0 Å². The van der Waals surface area contributed by atoms with Crippen molar-refractivity contribution in [3.05, 3.63) is 34.9 Å². The first kappa shape index (κ1) is 15.8. The van der Waals surface area contributed by atoms with Gasteiger partial charge < -0.3 is 10.2 Å². The van der Waals surface area contributed by atoms with Gasteiger partial charge in [0.15, 0.2) is 0 Å². The quantitative estimate of drug-likeness (QED) is 0.849. The number of hydrogen-bond donors (Lipinski definition) is 1. The fourth-order valence-electron chi connectivity index (χ4n) is 3.08. The minimum absolute atomic E-state index is 0.405. The highest BCUT2D eigenvalue weighted by Crippen LogP contribution is 2.29. The van der Waals surface area contributed by atoms with Crippen LogP contribution < -0.4 is 5.32 Å². The number of rotatable bonds is 6. The van der Waals surface area contributed by atoms with Crippen LogP contribution in [-0.2, 0) is 0 Å². The number of halogens is 1. The molecule has 3 heteroatoms. The van der Waals surface area contributed by atoms with Gasteiger partial charge >= 0.3 is 0 Å². The van der Waals surface area contributed by atoms with Gasteiger partial charge in [0.1, 0.15) is 0 Å². The summed E-state index contributed by atoms with van der Waals surface area (Å²) in [6.45, 7) is 11.5. The third-order valence-corrected chi connectivity index (χ3v) is 4.43. The first-order chi connectivity index (χ1) is 9.50. The van der Waals surface area contributed by atoms with Crippen molar-refractivity contribution < 1.29 is 0 Å².